The first-order chi connectivity index (χ1) is 9.72. The van der Waals surface area contributed by atoms with Gasteiger partial charge in [-0.15, -0.1) is 0 Å². The highest BCUT2D eigenvalue weighted by Crippen LogP contribution is 2.41. The number of benzene rings is 2. The van der Waals surface area contributed by atoms with Crippen LogP contribution in [0.3, 0.4) is 0 Å². The average molecular weight is 306 g/mol. The molecule has 20 heavy (non-hydrogen) atoms. The minimum Gasteiger partial charge on any atom is -0.306 e. The van der Waals surface area contributed by atoms with Gasteiger partial charge in [0.2, 0.25) is 0 Å². The van der Waals surface area contributed by atoms with Crippen molar-refractivity contribution in [3.05, 3.63) is 69.7 Å². The highest BCUT2D eigenvalue weighted by molar-refractivity contribution is 6.30. The Morgan fingerprint density at radius 2 is 1.45 bits per heavy atom. The summed E-state index contributed by atoms with van der Waals surface area (Å²) >= 11 is 11.9. The molecule has 1 atom stereocenters. The molecule has 0 saturated heterocycles. The predicted octanol–water partition coefficient (Wildman–Crippen LogP) is 5.23. The topological polar surface area (TPSA) is 12.0 Å². The van der Waals surface area contributed by atoms with Gasteiger partial charge < -0.3 is 5.32 Å². The Kier molecular flexibility index (Phi) is 4.30. The molecule has 3 heteroatoms. The second kappa shape index (κ2) is 6.17. The van der Waals surface area contributed by atoms with Gasteiger partial charge in [-0.05, 0) is 54.2 Å². The zero-order valence-corrected chi connectivity index (χ0v) is 12.7. The zero-order valence-electron chi connectivity index (χ0n) is 11.2. The molecular formula is C17H17Cl2N. The molecule has 104 valence electrons. The SMILES string of the molecule is Clc1ccc(CNC(c2ccc(Cl)cc2)C2CC2)cc1. The van der Waals surface area contributed by atoms with Crippen LogP contribution in [0.2, 0.25) is 10.0 Å². The lowest BCUT2D eigenvalue weighted by Gasteiger charge is -2.19. The van der Waals surface area contributed by atoms with Crippen LogP contribution in [-0.2, 0) is 6.54 Å². The van der Waals surface area contributed by atoms with E-state index in [0.717, 1.165) is 22.5 Å². The van der Waals surface area contributed by atoms with E-state index in [0.29, 0.717) is 6.04 Å². The second-order valence-corrected chi connectivity index (χ2v) is 6.25. The molecule has 0 spiro atoms. The lowest BCUT2D eigenvalue weighted by Crippen LogP contribution is -2.22. The molecule has 1 saturated carbocycles. The van der Waals surface area contributed by atoms with Crippen molar-refractivity contribution >= 4 is 23.2 Å². The van der Waals surface area contributed by atoms with Gasteiger partial charge in [0.25, 0.3) is 0 Å². The Labute approximate surface area is 129 Å². The number of nitrogens with one attached hydrogen (secondary N) is 1. The number of hydrogen-bond acceptors (Lipinski definition) is 1. The quantitative estimate of drug-likeness (QED) is 0.797. The normalized spacial score (nSPS) is 16.1. The fourth-order valence-electron chi connectivity index (χ4n) is 2.49. The van der Waals surface area contributed by atoms with Gasteiger partial charge in [0, 0.05) is 22.6 Å². The molecule has 1 N–H and O–H groups in total. The van der Waals surface area contributed by atoms with E-state index in [1.807, 2.05) is 24.3 Å². The standard InChI is InChI=1S/C17H17Cl2N/c18-15-7-1-12(2-8-15)11-20-17(13-3-4-13)14-5-9-16(19)10-6-14/h1-2,5-10,13,17,20H,3-4,11H2. The molecule has 1 nitrogen and oxygen atoms in total. The van der Waals surface area contributed by atoms with Crippen molar-refractivity contribution < 1.29 is 0 Å². The summed E-state index contributed by atoms with van der Waals surface area (Å²) in [5, 5.41) is 5.24. The van der Waals surface area contributed by atoms with Crippen molar-refractivity contribution in [3.8, 4) is 0 Å². The molecule has 0 heterocycles. The third-order valence-electron chi connectivity index (χ3n) is 3.76. The summed E-state index contributed by atoms with van der Waals surface area (Å²) in [5.41, 5.74) is 2.58. The third-order valence-corrected chi connectivity index (χ3v) is 4.27. The summed E-state index contributed by atoms with van der Waals surface area (Å²) in [6, 6.07) is 16.6. The van der Waals surface area contributed by atoms with Gasteiger partial charge in [-0.3, -0.25) is 0 Å². The van der Waals surface area contributed by atoms with E-state index in [9.17, 15) is 0 Å². The van der Waals surface area contributed by atoms with E-state index in [-0.39, 0.29) is 0 Å². The Bertz CT molecular complexity index is 559. The molecule has 0 radical (unpaired) electrons. The number of rotatable bonds is 5. The smallest absolute Gasteiger partial charge is 0.0406 e. The molecule has 2 aromatic rings. The third kappa shape index (κ3) is 3.54. The lowest BCUT2D eigenvalue weighted by atomic mass is 10.0. The summed E-state index contributed by atoms with van der Waals surface area (Å²) in [7, 11) is 0. The molecule has 0 aliphatic heterocycles. The van der Waals surface area contributed by atoms with Crippen LogP contribution in [0.15, 0.2) is 48.5 Å². The van der Waals surface area contributed by atoms with Gasteiger partial charge in [0.15, 0.2) is 0 Å². The molecule has 0 amide bonds. The fraction of sp³-hybridized carbons (Fsp3) is 0.294. The van der Waals surface area contributed by atoms with Gasteiger partial charge >= 0.3 is 0 Å². The van der Waals surface area contributed by atoms with Crippen molar-refractivity contribution in [3.63, 3.8) is 0 Å². The second-order valence-electron chi connectivity index (χ2n) is 5.37. The molecule has 1 aliphatic rings. The Balaban J connectivity index is 1.68. The molecule has 1 aliphatic carbocycles. The highest BCUT2D eigenvalue weighted by atomic mass is 35.5. The monoisotopic (exact) mass is 305 g/mol. The van der Waals surface area contributed by atoms with Crippen LogP contribution in [0.4, 0.5) is 0 Å². The minimum absolute atomic E-state index is 0.419. The van der Waals surface area contributed by atoms with Crippen LogP contribution in [0.1, 0.15) is 30.0 Å². The molecular weight excluding hydrogens is 289 g/mol. The summed E-state index contributed by atoms with van der Waals surface area (Å²) < 4.78 is 0. The van der Waals surface area contributed by atoms with Crippen LogP contribution in [0.25, 0.3) is 0 Å². The van der Waals surface area contributed by atoms with E-state index < -0.39 is 0 Å². The van der Waals surface area contributed by atoms with E-state index in [1.165, 1.54) is 24.0 Å². The maximum Gasteiger partial charge on any atom is 0.0406 e. The van der Waals surface area contributed by atoms with E-state index in [4.69, 9.17) is 23.2 Å². The maximum atomic E-state index is 5.97. The molecule has 1 fully saturated rings. The first-order valence-corrected chi connectivity index (χ1v) is 7.71. The summed E-state index contributed by atoms with van der Waals surface area (Å²) in [4.78, 5) is 0. The van der Waals surface area contributed by atoms with E-state index >= 15 is 0 Å². The fourth-order valence-corrected chi connectivity index (χ4v) is 2.74. The molecule has 0 aromatic heterocycles. The van der Waals surface area contributed by atoms with Gasteiger partial charge in [-0.1, -0.05) is 47.5 Å². The van der Waals surface area contributed by atoms with Crippen LogP contribution in [0.5, 0.6) is 0 Å². The van der Waals surface area contributed by atoms with Crippen molar-refractivity contribution in [1.82, 2.24) is 5.32 Å². The Morgan fingerprint density at radius 3 is 2.00 bits per heavy atom. The molecule has 3 rings (SSSR count). The van der Waals surface area contributed by atoms with Crippen molar-refractivity contribution in [2.24, 2.45) is 5.92 Å². The molecule has 2 aromatic carbocycles. The average Bonchev–Trinajstić information content (AvgIpc) is 3.28. The van der Waals surface area contributed by atoms with Gasteiger partial charge in [-0.2, -0.15) is 0 Å². The summed E-state index contributed by atoms with van der Waals surface area (Å²) in [6.07, 6.45) is 2.61. The van der Waals surface area contributed by atoms with Crippen molar-refractivity contribution in [2.75, 3.05) is 0 Å². The van der Waals surface area contributed by atoms with Crippen LogP contribution >= 0.6 is 23.2 Å². The van der Waals surface area contributed by atoms with Gasteiger partial charge in [0.1, 0.15) is 0 Å². The highest BCUT2D eigenvalue weighted by Gasteiger charge is 2.31. The Morgan fingerprint density at radius 1 is 0.900 bits per heavy atom. The van der Waals surface area contributed by atoms with E-state index in [1.54, 1.807) is 0 Å². The Hall–Kier alpha value is -1.02. The maximum absolute atomic E-state index is 5.97. The van der Waals surface area contributed by atoms with Gasteiger partial charge in [0.05, 0.1) is 0 Å². The summed E-state index contributed by atoms with van der Waals surface area (Å²) in [6.45, 7) is 0.862. The number of hydrogen-bond donors (Lipinski definition) is 1. The largest absolute Gasteiger partial charge is 0.306 e. The van der Waals surface area contributed by atoms with Crippen molar-refractivity contribution in [2.45, 2.75) is 25.4 Å². The summed E-state index contributed by atoms with van der Waals surface area (Å²) in [5.74, 6) is 0.753. The van der Waals surface area contributed by atoms with Crippen LogP contribution in [-0.4, -0.2) is 0 Å². The van der Waals surface area contributed by atoms with Crippen LogP contribution in [0, 0.1) is 5.92 Å². The molecule has 0 bridgehead atoms. The molecule has 1 unspecified atom stereocenters. The first kappa shape index (κ1) is 13.9. The predicted molar refractivity (Wildman–Crippen MR) is 85.2 cm³/mol. The zero-order chi connectivity index (χ0) is 13.9. The number of halogens is 2. The van der Waals surface area contributed by atoms with Crippen LogP contribution < -0.4 is 5.32 Å². The lowest BCUT2D eigenvalue weighted by molar-refractivity contribution is 0.480. The van der Waals surface area contributed by atoms with E-state index in [2.05, 4.69) is 29.6 Å². The van der Waals surface area contributed by atoms with Crippen molar-refractivity contribution in [1.29, 1.82) is 0 Å². The van der Waals surface area contributed by atoms with Gasteiger partial charge in [-0.25, -0.2) is 0 Å². The first-order valence-electron chi connectivity index (χ1n) is 6.95. The minimum atomic E-state index is 0.419.